The normalized spacial score (nSPS) is 11.0. The molecular formula is C16H18O8S. The summed E-state index contributed by atoms with van der Waals surface area (Å²) in [6.45, 7) is 1.20. The molecule has 9 heteroatoms. The summed E-state index contributed by atoms with van der Waals surface area (Å²) in [6.07, 6.45) is -1.23. The van der Waals surface area contributed by atoms with Gasteiger partial charge in [0, 0.05) is 0 Å². The van der Waals surface area contributed by atoms with Crippen molar-refractivity contribution in [2.45, 2.75) is 17.9 Å². The van der Waals surface area contributed by atoms with Gasteiger partial charge in [-0.15, -0.1) is 0 Å². The minimum absolute atomic E-state index is 0.0741. The van der Waals surface area contributed by atoms with Crippen molar-refractivity contribution >= 4 is 22.1 Å². The van der Waals surface area contributed by atoms with Crippen LogP contribution in [0.15, 0.2) is 65.6 Å². The second-order valence-corrected chi connectivity index (χ2v) is 5.90. The highest BCUT2D eigenvalue weighted by Gasteiger charge is 2.05. The molecule has 0 fully saturated rings. The first kappa shape index (κ1) is 22.2. The van der Waals surface area contributed by atoms with Crippen molar-refractivity contribution in [2.75, 3.05) is 0 Å². The zero-order valence-corrected chi connectivity index (χ0v) is 14.0. The third-order valence-corrected chi connectivity index (χ3v) is 3.29. The molecule has 0 aliphatic carbocycles. The van der Waals surface area contributed by atoms with Gasteiger partial charge in [0.2, 0.25) is 0 Å². The number of benzene rings is 2. The van der Waals surface area contributed by atoms with E-state index in [0.29, 0.717) is 5.56 Å². The smallest absolute Gasteiger partial charge is 0.335 e. The Morgan fingerprint density at radius 2 is 1.24 bits per heavy atom. The zero-order chi connectivity index (χ0) is 19.5. The monoisotopic (exact) mass is 370 g/mol. The Labute approximate surface area is 144 Å². The number of aliphatic hydroxyl groups excluding tert-OH is 1. The number of carboxylic acid groups (broad SMARTS) is 2. The standard InChI is InChI=1S/C7H6O2.C6H6O3S.C3H6O3/c8-7(9)6-4-2-1-3-5-6;7-10(8,9)6-4-2-1-3-5-6;1-2(4)3(5)6/h1-5H,(H,8,9);1-5H,(H,7,8,9);2,4H,1H3,(H,5,6). The summed E-state index contributed by atoms with van der Waals surface area (Å²) in [6, 6.07) is 15.7. The molecule has 1 unspecified atom stereocenters. The van der Waals surface area contributed by atoms with Crippen LogP contribution in [0, 0.1) is 0 Å². The van der Waals surface area contributed by atoms with Crippen LogP contribution < -0.4 is 0 Å². The number of aromatic carboxylic acids is 1. The van der Waals surface area contributed by atoms with Crippen LogP contribution in [0.25, 0.3) is 0 Å². The van der Waals surface area contributed by atoms with Crippen molar-refractivity contribution in [3.05, 3.63) is 66.2 Å². The number of aliphatic hydroxyl groups is 1. The summed E-state index contributed by atoms with van der Waals surface area (Å²) in [7, 11) is -4.00. The van der Waals surface area contributed by atoms with E-state index in [1.807, 2.05) is 0 Å². The van der Waals surface area contributed by atoms with Crippen LogP contribution in [-0.4, -0.2) is 46.3 Å². The number of rotatable bonds is 3. The Hall–Kier alpha value is -2.75. The van der Waals surface area contributed by atoms with Crippen molar-refractivity contribution in [3.63, 3.8) is 0 Å². The summed E-state index contributed by atoms with van der Waals surface area (Å²) in [5.74, 6) is -2.06. The Kier molecular flexibility index (Phi) is 9.72. The van der Waals surface area contributed by atoms with Gasteiger partial charge in [-0.25, -0.2) is 9.59 Å². The SMILES string of the molecule is CC(O)C(=O)O.O=C(O)c1ccccc1.O=S(=O)(O)c1ccccc1. The second kappa shape index (κ2) is 10.9. The molecule has 8 nitrogen and oxygen atoms in total. The van der Waals surface area contributed by atoms with Gasteiger partial charge >= 0.3 is 11.9 Å². The summed E-state index contributed by atoms with van der Waals surface area (Å²) in [5, 5.41) is 24.2. The highest BCUT2D eigenvalue weighted by molar-refractivity contribution is 7.85. The van der Waals surface area contributed by atoms with E-state index in [0.717, 1.165) is 0 Å². The molecule has 2 aromatic rings. The van der Waals surface area contributed by atoms with Gasteiger partial charge in [-0.05, 0) is 31.2 Å². The Bertz CT molecular complexity index is 755. The number of carboxylic acids is 2. The fraction of sp³-hybridized carbons (Fsp3) is 0.125. The van der Waals surface area contributed by atoms with Crippen LogP contribution in [0.4, 0.5) is 0 Å². The van der Waals surface area contributed by atoms with Gasteiger partial charge in [0.05, 0.1) is 10.5 Å². The lowest BCUT2D eigenvalue weighted by molar-refractivity contribution is -0.145. The predicted molar refractivity (Wildman–Crippen MR) is 89.0 cm³/mol. The molecule has 0 bridgehead atoms. The number of hydrogen-bond donors (Lipinski definition) is 4. The van der Waals surface area contributed by atoms with Gasteiger partial charge in [-0.1, -0.05) is 36.4 Å². The van der Waals surface area contributed by atoms with E-state index in [4.69, 9.17) is 19.9 Å². The Balaban J connectivity index is 0.000000358. The molecular weight excluding hydrogens is 352 g/mol. The quantitative estimate of drug-likeness (QED) is 0.597. The maximum Gasteiger partial charge on any atom is 0.335 e. The van der Waals surface area contributed by atoms with Gasteiger partial charge < -0.3 is 15.3 Å². The van der Waals surface area contributed by atoms with Crippen LogP contribution in [-0.2, 0) is 14.9 Å². The van der Waals surface area contributed by atoms with E-state index in [9.17, 15) is 18.0 Å². The molecule has 2 aromatic carbocycles. The van der Waals surface area contributed by atoms with Crippen molar-refractivity contribution < 1.29 is 37.9 Å². The van der Waals surface area contributed by atoms with Crippen molar-refractivity contribution in [1.29, 1.82) is 0 Å². The number of aliphatic carboxylic acids is 1. The highest BCUT2D eigenvalue weighted by atomic mass is 32.2. The van der Waals surface area contributed by atoms with Gasteiger partial charge in [-0.2, -0.15) is 8.42 Å². The third-order valence-electron chi connectivity index (χ3n) is 2.42. The lowest BCUT2D eigenvalue weighted by atomic mass is 10.2. The maximum atomic E-state index is 10.4. The van der Waals surface area contributed by atoms with Crippen molar-refractivity contribution in [3.8, 4) is 0 Å². The molecule has 4 N–H and O–H groups in total. The summed E-state index contributed by atoms with van der Waals surface area (Å²) in [4.78, 5) is 19.6. The molecule has 0 saturated carbocycles. The molecule has 0 heterocycles. The van der Waals surface area contributed by atoms with E-state index in [1.165, 1.54) is 19.1 Å². The van der Waals surface area contributed by atoms with E-state index < -0.39 is 28.2 Å². The van der Waals surface area contributed by atoms with Crippen LogP contribution in [0.3, 0.4) is 0 Å². The van der Waals surface area contributed by atoms with Crippen LogP contribution in [0.5, 0.6) is 0 Å². The minimum atomic E-state index is -4.00. The second-order valence-electron chi connectivity index (χ2n) is 4.47. The molecule has 2 rings (SSSR count). The summed E-state index contributed by atoms with van der Waals surface area (Å²) in [5.41, 5.74) is 0.331. The molecule has 1 atom stereocenters. The van der Waals surface area contributed by atoms with Gasteiger partial charge in [0.1, 0.15) is 6.10 Å². The highest BCUT2D eigenvalue weighted by Crippen LogP contribution is 2.05. The fourth-order valence-corrected chi connectivity index (χ4v) is 1.67. The van der Waals surface area contributed by atoms with E-state index >= 15 is 0 Å². The van der Waals surface area contributed by atoms with E-state index in [-0.39, 0.29) is 4.90 Å². The lowest BCUT2D eigenvalue weighted by Gasteiger charge is -1.92. The van der Waals surface area contributed by atoms with Gasteiger partial charge in [-0.3, -0.25) is 4.55 Å². The first-order chi connectivity index (χ1) is 11.6. The first-order valence-corrected chi connectivity index (χ1v) is 8.21. The molecule has 0 aromatic heterocycles. The maximum absolute atomic E-state index is 10.4. The average molecular weight is 370 g/mol. The number of hydrogen-bond acceptors (Lipinski definition) is 5. The van der Waals surface area contributed by atoms with Crippen molar-refractivity contribution in [2.24, 2.45) is 0 Å². The molecule has 0 radical (unpaired) electrons. The average Bonchev–Trinajstić information content (AvgIpc) is 2.57. The van der Waals surface area contributed by atoms with Crippen LogP contribution >= 0.6 is 0 Å². The predicted octanol–water partition coefficient (Wildman–Crippen LogP) is 1.77. The largest absolute Gasteiger partial charge is 0.479 e. The minimum Gasteiger partial charge on any atom is -0.479 e. The third kappa shape index (κ3) is 10.6. The zero-order valence-electron chi connectivity index (χ0n) is 13.2. The fourth-order valence-electron chi connectivity index (χ4n) is 1.17. The summed E-state index contributed by atoms with van der Waals surface area (Å²) < 4.78 is 29.2. The molecule has 25 heavy (non-hydrogen) atoms. The van der Waals surface area contributed by atoms with Crippen molar-refractivity contribution in [1.82, 2.24) is 0 Å². The van der Waals surface area contributed by atoms with E-state index in [2.05, 4.69) is 0 Å². The molecule has 0 saturated heterocycles. The number of carbonyl (C=O) groups is 2. The first-order valence-electron chi connectivity index (χ1n) is 6.77. The van der Waals surface area contributed by atoms with Crippen LogP contribution in [0.2, 0.25) is 0 Å². The van der Waals surface area contributed by atoms with Gasteiger partial charge in [0.25, 0.3) is 10.1 Å². The molecule has 0 aliphatic heterocycles. The Morgan fingerprint density at radius 3 is 1.44 bits per heavy atom. The van der Waals surface area contributed by atoms with Crippen LogP contribution in [0.1, 0.15) is 17.3 Å². The Morgan fingerprint density at radius 1 is 0.880 bits per heavy atom. The van der Waals surface area contributed by atoms with Gasteiger partial charge in [0.15, 0.2) is 0 Å². The summed E-state index contributed by atoms with van der Waals surface area (Å²) >= 11 is 0. The molecule has 136 valence electrons. The van der Waals surface area contributed by atoms with E-state index in [1.54, 1.807) is 48.5 Å². The topological polar surface area (TPSA) is 149 Å². The lowest BCUT2D eigenvalue weighted by Crippen LogP contribution is -2.13. The molecule has 0 aliphatic rings. The molecule has 0 amide bonds. The molecule has 0 spiro atoms.